The quantitative estimate of drug-likeness (QED) is 0.443. The first-order valence-corrected chi connectivity index (χ1v) is 11.7. The predicted octanol–water partition coefficient (Wildman–Crippen LogP) is 6.84. The molecular weight excluding hydrogens is 463 g/mol. The van der Waals surface area contributed by atoms with Crippen molar-refractivity contribution >= 4 is 35.4 Å². The fraction of sp³-hybridized carbons (Fsp3) is 0.440. The van der Waals surface area contributed by atoms with E-state index in [1.165, 1.54) is 0 Å². The SMILES string of the molecule is CC(C)NC(=O)OC(C)(C)c1ccc(C(C)NC(=O)OC2(c3cccc(Cl)c3)CC2)c(Cl)c1. The van der Waals surface area contributed by atoms with E-state index in [4.69, 9.17) is 32.7 Å². The number of hydrogen-bond donors (Lipinski definition) is 2. The number of alkyl carbamates (subject to hydrolysis) is 2. The molecule has 2 amide bonds. The van der Waals surface area contributed by atoms with E-state index in [0.717, 1.165) is 29.5 Å². The first kappa shape index (κ1) is 25.2. The highest BCUT2D eigenvalue weighted by atomic mass is 35.5. The molecule has 1 unspecified atom stereocenters. The highest BCUT2D eigenvalue weighted by Gasteiger charge is 2.49. The maximum atomic E-state index is 12.6. The molecule has 33 heavy (non-hydrogen) atoms. The second kappa shape index (κ2) is 9.82. The lowest BCUT2D eigenvalue weighted by atomic mass is 9.95. The summed E-state index contributed by atoms with van der Waals surface area (Å²) in [4.78, 5) is 24.6. The van der Waals surface area contributed by atoms with Crippen LogP contribution in [0.2, 0.25) is 10.0 Å². The molecule has 1 atom stereocenters. The summed E-state index contributed by atoms with van der Waals surface area (Å²) in [7, 11) is 0. The van der Waals surface area contributed by atoms with E-state index in [-0.39, 0.29) is 12.1 Å². The molecule has 1 aliphatic rings. The van der Waals surface area contributed by atoms with Crippen LogP contribution in [0.3, 0.4) is 0 Å². The van der Waals surface area contributed by atoms with Crippen LogP contribution < -0.4 is 10.6 Å². The predicted molar refractivity (Wildman–Crippen MR) is 130 cm³/mol. The number of ether oxygens (including phenoxy) is 2. The summed E-state index contributed by atoms with van der Waals surface area (Å²) < 4.78 is 11.3. The molecule has 8 heteroatoms. The summed E-state index contributed by atoms with van der Waals surface area (Å²) in [6, 6.07) is 12.4. The van der Waals surface area contributed by atoms with Crippen molar-refractivity contribution in [3.8, 4) is 0 Å². The van der Waals surface area contributed by atoms with Gasteiger partial charge in [0.2, 0.25) is 0 Å². The normalized spacial score (nSPS) is 15.5. The van der Waals surface area contributed by atoms with Gasteiger partial charge >= 0.3 is 12.2 Å². The molecule has 178 valence electrons. The Balaban J connectivity index is 1.65. The smallest absolute Gasteiger partial charge is 0.408 e. The average molecular weight is 493 g/mol. The Labute approximate surface area is 204 Å². The fourth-order valence-electron chi connectivity index (χ4n) is 3.61. The van der Waals surface area contributed by atoms with Crippen molar-refractivity contribution < 1.29 is 19.1 Å². The number of carbonyl (C=O) groups excluding carboxylic acids is 2. The zero-order valence-corrected chi connectivity index (χ0v) is 21.0. The molecule has 1 aliphatic carbocycles. The Morgan fingerprint density at radius 1 is 1.00 bits per heavy atom. The zero-order chi connectivity index (χ0) is 24.4. The van der Waals surface area contributed by atoms with Crippen LogP contribution in [0.15, 0.2) is 42.5 Å². The van der Waals surface area contributed by atoms with Crippen LogP contribution in [0.1, 0.15) is 70.2 Å². The molecule has 1 fully saturated rings. The van der Waals surface area contributed by atoms with Crippen molar-refractivity contribution in [3.63, 3.8) is 0 Å². The highest BCUT2D eigenvalue weighted by molar-refractivity contribution is 6.31. The number of benzene rings is 2. The Hall–Kier alpha value is -2.44. The van der Waals surface area contributed by atoms with Gasteiger partial charge in [-0.1, -0.05) is 47.5 Å². The van der Waals surface area contributed by atoms with E-state index in [1.807, 2.05) is 51.1 Å². The number of hydrogen-bond acceptors (Lipinski definition) is 4. The maximum Gasteiger partial charge on any atom is 0.408 e. The fourth-order valence-corrected chi connectivity index (χ4v) is 4.14. The molecule has 6 nitrogen and oxygen atoms in total. The molecule has 0 radical (unpaired) electrons. The van der Waals surface area contributed by atoms with Gasteiger partial charge < -0.3 is 20.1 Å². The Kier molecular flexibility index (Phi) is 7.49. The lowest BCUT2D eigenvalue weighted by Gasteiger charge is -2.27. The number of amides is 2. The second-order valence-corrected chi connectivity index (χ2v) is 10.0. The third-order valence-electron chi connectivity index (χ3n) is 5.59. The van der Waals surface area contributed by atoms with Crippen LogP contribution in [-0.4, -0.2) is 18.2 Å². The zero-order valence-electron chi connectivity index (χ0n) is 19.5. The van der Waals surface area contributed by atoms with Crippen LogP contribution in [-0.2, 0) is 20.7 Å². The van der Waals surface area contributed by atoms with E-state index in [1.54, 1.807) is 26.0 Å². The Morgan fingerprint density at radius 3 is 2.27 bits per heavy atom. The molecule has 0 aromatic heterocycles. The topological polar surface area (TPSA) is 76.7 Å². The van der Waals surface area contributed by atoms with Gasteiger partial charge in [0.05, 0.1) is 6.04 Å². The number of carbonyl (C=O) groups is 2. The van der Waals surface area contributed by atoms with Gasteiger partial charge in [0.1, 0.15) is 11.2 Å². The Bertz CT molecular complexity index is 1030. The van der Waals surface area contributed by atoms with E-state index >= 15 is 0 Å². The Morgan fingerprint density at radius 2 is 1.70 bits per heavy atom. The first-order chi connectivity index (χ1) is 15.4. The van der Waals surface area contributed by atoms with Crippen molar-refractivity contribution in [2.24, 2.45) is 0 Å². The molecule has 0 aliphatic heterocycles. The largest absolute Gasteiger partial charge is 0.439 e. The summed E-state index contributed by atoms with van der Waals surface area (Å²) in [6.07, 6.45) is 0.490. The minimum absolute atomic E-state index is 0.0281. The molecule has 0 bridgehead atoms. The van der Waals surface area contributed by atoms with Gasteiger partial charge in [-0.25, -0.2) is 9.59 Å². The molecule has 2 aromatic carbocycles. The lowest BCUT2D eigenvalue weighted by Crippen LogP contribution is -2.36. The van der Waals surface area contributed by atoms with Crippen LogP contribution in [0.5, 0.6) is 0 Å². The molecule has 2 aromatic rings. The van der Waals surface area contributed by atoms with Crippen LogP contribution >= 0.6 is 23.2 Å². The van der Waals surface area contributed by atoms with Crippen molar-refractivity contribution in [2.75, 3.05) is 0 Å². The minimum atomic E-state index is -0.883. The van der Waals surface area contributed by atoms with Crippen molar-refractivity contribution in [1.29, 1.82) is 0 Å². The van der Waals surface area contributed by atoms with Gasteiger partial charge in [-0.2, -0.15) is 0 Å². The van der Waals surface area contributed by atoms with E-state index in [2.05, 4.69) is 10.6 Å². The summed E-state index contributed by atoms with van der Waals surface area (Å²) in [6.45, 7) is 9.14. The third-order valence-corrected chi connectivity index (χ3v) is 6.16. The minimum Gasteiger partial charge on any atom is -0.439 e. The molecular formula is C25H30Cl2N2O4. The van der Waals surface area contributed by atoms with Crippen LogP contribution in [0.4, 0.5) is 9.59 Å². The van der Waals surface area contributed by atoms with Crippen molar-refractivity contribution in [3.05, 3.63) is 69.2 Å². The number of nitrogens with one attached hydrogen (secondary N) is 2. The second-order valence-electron chi connectivity index (χ2n) is 9.20. The van der Waals surface area contributed by atoms with Crippen LogP contribution in [0.25, 0.3) is 0 Å². The van der Waals surface area contributed by atoms with Gasteiger partial charge in [-0.05, 0) is 82.3 Å². The summed E-state index contributed by atoms with van der Waals surface area (Å²) >= 11 is 12.6. The van der Waals surface area contributed by atoms with E-state index in [9.17, 15) is 9.59 Å². The molecule has 0 spiro atoms. The molecule has 0 saturated heterocycles. The third kappa shape index (κ3) is 6.33. The maximum absolute atomic E-state index is 12.6. The van der Waals surface area contributed by atoms with Gasteiger partial charge in [-0.15, -0.1) is 0 Å². The van der Waals surface area contributed by atoms with Crippen LogP contribution in [0, 0.1) is 0 Å². The molecule has 1 saturated carbocycles. The first-order valence-electron chi connectivity index (χ1n) is 11.0. The van der Waals surface area contributed by atoms with Gasteiger partial charge in [0.15, 0.2) is 0 Å². The summed E-state index contributed by atoms with van der Waals surface area (Å²) in [5.74, 6) is 0. The lowest BCUT2D eigenvalue weighted by molar-refractivity contribution is 0.0350. The summed E-state index contributed by atoms with van der Waals surface area (Å²) in [5.41, 5.74) is 0.853. The van der Waals surface area contributed by atoms with E-state index < -0.39 is 23.4 Å². The van der Waals surface area contributed by atoms with Crippen molar-refractivity contribution in [1.82, 2.24) is 10.6 Å². The monoisotopic (exact) mass is 492 g/mol. The molecule has 3 rings (SSSR count). The van der Waals surface area contributed by atoms with Gasteiger partial charge in [-0.3, -0.25) is 0 Å². The number of rotatable bonds is 7. The molecule has 2 N–H and O–H groups in total. The number of halogens is 2. The van der Waals surface area contributed by atoms with Crippen molar-refractivity contribution in [2.45, 2.75) is 70.7 Å². The average Bonchev–Trinajstić information content (AvgIpc) is 3.47. The van der Waals surface area contributed by atoms with E-state index in [0.29, 0.717) is 10.0 Å². The van der Waals surface area contributed by atoms with Gasteiger partial charge in [0, 0.05) is 16.1 Å². The van der Waals surface area contributed by atoms with Gasteiger partial charge in [0.25, 0.3) is 0 Å². The summed E-state index contributed by atoms with van der Waals surface area (Å²) in [5, 5.41) is 6.63. The molecule has 0 heterocycles. The standard InChI is InChI=1S/C25H30Cl2N2O4/c1-15(2)28-22(30)32-24(4,5)17-9-10-20(21(27)14-17)16(3)29-23(31)33-25(11-12-25)18-7-6-8-19(26)13-18/h6-10,13-16H,11-12H2,1-5H3,(H,28,30)(H,29,31). The highest BCUT2D eigenvalue weighted by Crippen LogP contribution is 2.49.